The van der Waals surface area contributed by atoms with E-state index in [4.69, 9.17) is 9.84 Å². The number of alkyl carbamates (subject to hydrolysis) is 1. The number of nitro benzene ring substituents is 1. The van der Waals surface area contributed by atoms with Crippen molar-refractivity contribution in [2.75, 3.05) is 22.7 Å². The summed E-state index contributed by atoms with van der Waals surface area (Å²) >= 11 is 0. The molecular formula is C21H26N4O8S. The lowest BCUT2D eigenvalue weighted by Gasteiger charge is -2.21. The molecule has 2 aromatic carbocycles. The Hall–Kier alpha value is -3.71. The Morgan fingerprint density at radius 1 is 1.21 bits per heavy atom. The molecule has 0 spiro atoms. The fraction of sp³-hybridized carbons (Fsp3) is 0.333. The number of anilines is 2. The first-order valence-corrected chi connectivity index (χ1v) is 11.5. The van der Waals surface area contributed by atoms with Gasteiger partial charge in [-0.25, -0.2) is 13.2 Å². The summed E-state index contributed by atoms with van der Waals surface area (Å²) in [7, 11) is -4.34. The molecule has 13 heteroatoms. The lowest BCUT2D eigenvalue weighted by atomic mass is 10.2. The number of carbonyl (C=O) groups excluding carboxylic acids is 2. The number of nitrogens with one attached hydrogen (secondary N) is 2. The maximum Gasteiger partial charge on any atom is 0.407 e. The highest BCUT2D eigenvalue weighted by atomic mass is 32.2. The molecule has 3 N–H and O–H groups in total. The molecule has 0 aliphatic rings. The van der Waals surface area contributed by atoms with Crippen LogP contribution in [0.1, 0.15) is 26.3 Å². The Morgan fingerprint density at radius 2 is 1.85 bits per heavy atom. The van der Waals surface area contributed by atoms with Gasteiger partial charge in [-0.05, 0) is 50.6 Å². The van der Waals surface area contributed by atoms with Gasteiger partial charge in [-0.2, -0.15) is 0 Å². The number of hydrogen-bond acceptors (Lipinski definition) is 8. The molecule has 0 aliphatic carbocycles. The van der Waals surface area contributed by atoms with E-state index in [1.54, 1.807) is 20.8 Å². The molecule has 0 aliphatic heterocycles. The van der Waals surface area contributed by atoms with Crippen LogP contribution in [0.4, 0.5) is 21.9 Å². The normalized spacial score (nSPS) is 11.4. The maximum absolute atomic E-state index is 12.8. The van der Waals surface area contributed by atoms with E-state index in [9.17, 15) is 28.1 Å². The second-order valence-corrected chi connectivity index (χ2v) is 9.75. The van der Waals surface area contributed by atoms with Crippen LogP contribution in [0, 0.1) is 10.1 Å². The summed E-state index contributed by atoms with van der Waals surface area (Å²) in [6, 6.07) is 9.06. The molecule has 0 unspecified atom stereocenters. The highest BCUT2D eigenvalue weighted by Gasteiger charge is 2.27. The summed E-state index contributed by atoms with van der Waals surface area (Å²) < 4.78 is 32.9. The summed E-state index contributed by atoms with van der Waals surface area (Å²) in [5, 5.41) is 23.2. The predicted octanol–water partition coefficient (Wildman–Crippen LogP) is 2.38. The number of nitro groups is 1. The predicted molar refractivity (Wildman–Crippen MR) is 124 cm³/mol. The van der Waals surface area contributed by atoms with E-state index in [-0.39, 0.29) is 31.1 Å². The molecule has 0 aromatic heterocycles. The number of benzene rings is 2. The minimum Gasteiger partial charge on any atom is -0.444 e. The van der Waals surface area contributed by atoms with Gasteiger partial charge in [-0.15, -0.1) is 0 Å². The second kappa shape index (κ2) is 10.9. The topological polar surface area (TPSA) is 168 Å². The first-order valence-electron chi connectivity index (χ1n) is 10.1. The Labute approximate surface area is 196 Å². The van der Waals surface area contributed by atoms with Gasteiger partial charge in [-0.1, -0.05) is 12.1 Å². The van der Waals surface area contributed by atoms with Crippen molar-refractivity contribution in [1.29, 1.82) is 0 Å². The molecule has 2 rings (SSSR count). The summed E-state index contributed by atoms with van der Waals surface area (Å²) in [5.74, 6) is 0. The first-order chi connectivity index (χ1) is 15.9. The van der Waals surface area contributed by atoms with Gasteiger partial charge in [0.05, 0.1) is 17.2 Å². The standard InChI is InChI=1S/C21H26N4O8S/c1-21(2,3)33-20(28)22-10-11-24(14-27)17-8-9-19(18(12-17)25(29)30)34(31,32)23-16-6-4-15(13-26)5-7-16/h4-9,12,14,23,26H,10-11,13H2,1-3H3,(H,22,28). The lowest BCUT2D eigenvalue weighted by Crippen LogP contribution is -2.37. The number of aliphatic hydroxyl groups excluding tert-OH is 1. The smallest absolute Gasteiger partial charge is 0.407 e. The minimum absolute atomic E-state index is 0.00705. The van der Waals surface area contributed by atoms with Gasteiger partial charge in [0, 0.05) is 24.8 Å². The highest BCUT2D eigenvalue weighted by molar-refractivity contribution is 7.92. The molecule has 34 heavy (non-hydrogen) atoms. The van der Waals surface area contributed by atoms with Crippen molar-refractivity contribution in [2.45, 2.75) is 37.9 Å². The summed E-state index contributed by atoms with van der Waals surface area (Å²) in [4.78, 5) is 34.5. The van der Waals surface area contributed by atoms with Crippen LogP contribution in [0.25, 0.3) is 0 Å². The third-order valence-corrected chi connectivity index (χ3v) is 5.73. The second-order valence-electron chi connectivity index (χ2n) is 8.10. The van der Waals surface area contributed by atoms with E-state index in [0.29, 0.717) is 12.0 Å². The van der Waals surface area contributed by atoms with Crippen molar-refractivity contribution in [3.05, 3.63) is 58.1 Å². The number of sulfonamides is 1. The molecule has 0 saturated carbocycles. The molecular weight excluding hydrogens is 468 g/mol. The highest BCUT2D eigenvalue weighted by Crippen LogP contribution is 2.30. The zero-order valence-electron chi connectivity index (χ0n) is 18.8. The third-order valence-electron chi connectivity index (χ3n) is 4.30. The third kappa shape index (κ3) is 7.42. The average molecular weight is 495 g/mol. The van der Waals surface area contributed by atoms with Crippen LogP contribution in [-0.2, 0) is 26.2 Å². The number of nitrogens with zero attached hydrogens (tertiary/aromatic N) is 2. The largest absolute Gasteiger partial charge is 0.444 e. The van der Waals surface area contributed by atoms with Crippen molar-refractivity contribution >= 4 is 39.6 Å². The zero-order valence-corrected chi connectivity index (χ0v) is 19.7. The average Bonchev–Trinajstić information content (AvgIpc) is 2.75. The monoisotopic (exact) mass is 494 g/mol. The lowest BCUT2D eigenvalue weighted by molar-refractivity contribution is -0.387. The van der Waals surface area contributed by atoms with E-state index in [2.05, 4.69) is 10.0 Å². The molecule has 184 valence electrons. The number of aliphatic hydroxyl groups is 1. The van der Waals surface area contributed by atoms with Crippen LogP contribution in [0.3, 0.4) is 0 Å². The molecule has 12 nitrogen and oxygen atoms in total. The summed E-state index contributed by atoms with van der Waals surface area (Å²) in [6.45, 7) is 4.81. The van der Waals surface area contributed by atoms with E-state index < -0.39 is 37.2 Å². The van der Waals surface area contributed by atoms with Crippen molar-refractivity contribution < 1.29 is 32.8 Å². The summed E-state index contributed by atoms with van der Waals surface area (Å²) in [6.07, 6.45) is -0.283. The van der Waals surface area contributed by atoms with Crippen molar-refractivity contribution in [1.82, 2.24) is 5.32 Å². The Balaban J connectivity index is 2.21. The van der Waals surface area contributed by atoms with Crippen LogP contribution < -0.4 is 14.9 Å². The molecule has 0 saturated heterocycles. The quantitative estimate of drug-likeness (QED) is 0.257. The van der Waals surface area contributed by atoms with Crippen LogP contribution in [-0.4, -0.2) is 49.6 Å². The zero-order chi connectivity index (χ0) is 25.5. The van der Waals surface area contributed by atoms with E-state index in [0.717, 1.165) is 17.0 Å². The maximum atomic E-state index is 12.8. The Kier molecular flexibility index (Phi) is 8.54. The molecule has 0 fully saturated rings. The Bertz CT molecular complexity index is 1140. The Morgan fingerprint density at radius 3 is 2.38 bits per heavy atom. The fourth-order valence-corrected chi connectivity index (χ4v) is 3.99. The summed E-state index contributed by atoms with van der Waals surface area (Å²) in [5.41, 5.74) is -0.653. The fourth-order valence-electron chi connectivity index (χ4n) is 2.78. The molecule has 0 radical (unpaired) electrons. The van der Waals surface area contributed by atoms with Crippen molar-refractivity contribution in [3.8, 4) is 0 Å². The number of carbonyl (C=O) groups is 2. The van der Waals surface area contributed by atoms with E-state index >= 15 is 0 Å². The van der Waals surface area contributed by atoms with E-state index in [1.807, 2.05) is 0 Å². The van der Waals surface area contributed by atoms with E-state index in [1.165, 1.54) is 30.3 Å². The number of amides is 2. The molecule has 0 bridgehead atoms. The van der Waals surface area contributed by atoms with Crippen LogP contribution in [0.15, 0.2) is 47.4 Å². The van der Waals surface area contributed by atoms with Crippen molar-refractivity contribution in [3.63, 3.8) is 0 Å². The van der Waals surface area contributed by atoms with Gasteiger partial charge in [-0.3, -0.25) is 19.6 Å². The van der Waals surface area contributed by atoms with Crippen molar-refractivity contribution in [2.24, 2.45) is 0 Å². The van der Waals surface area contributed by atoms with Gasteiger partial charge in [0.25, 0.3) is 15.7 Å². The van der Waals surface area contributed by atoms with Crippen LogP contribution >= 0.6 is 0 Å². The van der Waals surface area contributed by atoms with Crippen LogP contribution in [0.2, 0.25) is 0 Å². The SMILES string of the molecule is CC(C)(C)OC(=O)NCCN(C=O)c1ccc(S(=O)(=O)Nc2ccc(CO)cc2)c([N+](=O)[O-])c1. The minimum atomic E-state index is -4.34. The van der Waals surface area contributed by atoms with Gasteiger partial charge in [0.15, 0.2) is 4.90 Å². The number of hydrogen-bond donors (Lipinski definition) is 3. The molecule has 0 atom stereocenters. The van der Waals surface area contributed by atoms with Gasteiger partial charge >= 0.3 is 6.09 Å². The number of ether oxygens (including phenoxy) is 1. The van der Waals surface area contributed by atoms with Gasteiger partial charge in [0.2, 0.25) is 6.41 Å². The van der Waals surface area contributed by atoms with Crippen LogP contribution in [0.5, 0.6) is 0 Å². The molecule has 2 aromatic rings. The number of rotatable bonds is 10. The van der Waals surface area contributed by atoms with Gasteiger partial charge in [0.1, 0.15) is 5.60 Å². The van der Waals surface area contributed by atoms with Gasteiger partial charge < -0.3 is 20.1 Å². The first kappa shape index (κ1) is 26.5. The molecule has 0 heterocycles. The molecule has 2 amide bonds.